The molecule has 1 aliphatic heterocycles. The van der Waals surface area contributed by atoms with E-state index in [4.69, 9.17) is 4.74 Å². The maximum atomic E-state index is 5.30. The molecule has 3 aromatic rings. The molecule has 2 nitrogen and oxygen atoms in total. The van der Waals surface area contributed by atoms with Crippen LogP contribution in [0.1, 0.15) is 17.2 Å². The summed E-state index contributed by atoms with van der Waals surface area (Å²) >= 11 is 0. The highest BCUT2D eigenvalue weighted by molar-refractivity contribution is 5.83. The van der Waals surface area contributed by atoms with Gasteiger partial charge >= 0.3 is 0 Å². The summed E-state index contributed by atoms with van der Waals surface area (Å²) in [5.74, 6) is 0.903. The molecule has 2 heteroatoms. The highest BCUT2D eigenvalue weighted by Crippen LogP contribution is 2.37. The minimum Gasteiger partial charge on any atom is -0.497 e. The average molecular weight is 275 g/mol. The number of ether oxygens (including phenoxy) is 1. The first kappa shape index (κ1) is 12.3. The third kappa shape index (κ3) is 2.13. The number of fused-ring (bicyclic) bond motifs is 2. The normalized spacial score (nSPS) is 16.5. The topological polar surface area (TPSA) is 21.3 Å². The fourth-order valence-electron chi connectivity index (χ4n) is 3.08. The van der Waals surface area contributed by atoms with Crippen molar-refractivity contribution < 1.29 is 4.74 Å². The highest BCUT2D eigenvalue weighted by Gasteiger charge is 2.22. The van der Waals surface area contributed by atoms with Crippen molar-refractivity contribution in [1.29, 1.82) is 0 Å². The van der Waals surface area contributed by atoms with Gasteiger partial charge in [0.2, 0.25) is 0 Å². The van der Waals surface area contributed by atoms with E-state index in [1.165, 1.54) is 27.6 Å². The SMILES string of the molecule is COc1ccc2c(c1)NC(c1ccc3ccccc3c1)C2. The fourth-order valence-corrected chi connectivity index (χ4v) is 3.08. The Kier molecular flexibility index (Phi) is 2.81. The minimum atomic E-state index is 0.344. The van der Waals surface area contributed by atoms with Crippen LogP contribution in [0.15, 0.2) is 60.7 Å². The molecule has 1 unspecified atom stereocenters. The summed E-state index contributed by atoms with van der Waals surface area (Å²) in [6, 6.07) is 21.8. The molecular formula is C19H17NO. The molecule has 0 bridgehead atoms. The Balaban J connectivity index is 1.68. The molecule has 1 heterocycles. The summed E-state index contributed by atoms with van der Waals surface area (Å²) in [5.41, 5.74) is 3.88. The Morgan fingerprint density at radius 1 is 0.952 bits per heavy atom. The third-order valence-corrected chi connectivity index (χ3v) is 4.25. The van der Waals surface area contributed by atoms with Crippen LogP contribution < -0.4 is 10.1 Å². The number of rotatable bonds is 2. The van der Waals surface area contributed by atoms with Gasteiger partial charge in [0, 0.05) is 11.8 Å². The number of benzene rings is 3. The largest absolute Gasteiger partial charge is 0.497 e. The van der Waals surface area contributed by atoms with E-state index in [0.29, 0.717) is 6.04 Å². The molecule has 4 rings (SSSR count). The van der Waals surface area contributed by atoms with Crippen molar-refractivity contribution in [2.45, 2.75) is 12.5 Å². The van der Waals surface area contributed by atoms with Gasteiger partial charge in [-0.2, -0.15) is 0 Å². The first-order valence-electron chi connectivity index (χ1n) is 7.25. The van der Waals surface area contributed by atoms with E-state index in [2.05, 4.69) is 59.9 Å². The van der Waals surface area contributed by atoms with Crippen molar-refractivity contribution in [2.75, 3.05) is 12.4 Å². The minimum absolute atomic E-state index is 0.344. The van der Waals surface area contributed by atoms with Gasteiger partial charge in [0.15, 0.2) is 0 Å². The van der Waals surface area contributed by atoms with Crippen LogP contribution in [0, 0.1) is 0 Å². The Morgan fingerprint density at radius 2 is 1.81 bits per heavy atom. The first-order valence-corrected chi connectivity index (χ1v) is 7.25. The maximum absolute atomic E-state index is 5.30. The molecule has 104 valence electrons. The molecular weight excluding hydrogens is 258 g/mol. The van der Waals surface area contributed by atoms with Crippen molar-refractivity contribution in [2.24, 2.45) is 0 Å². The standard InChI is InChI=1S/C19H17NO/c1-21-17-9-8-16-11-18(20-19(16)12-17)15-7-6-13-4-2-3-5-14(13)10-15/h2-10,12,18,20H,11H2,1H3. The fraction of sp³-hybridized carbons (Fsp3) is 0.158. The van der Waals surface area contributed by atoms with E-state index in [-0.39, 0.29) is 0 Å². The van der Waals surface area contributed by atoms with Crippen LogP contribution in [0.25, 0.3) is 10.8 Å². The summed E-state index contributed by atoms with van der Waals surface area (Å²) in [4.78, 5) is 0. The lowest BCUT2D eigenvalue weighted by atomic mass is 9.99. The average Bonchev–Trinajstić information content (AvgIpc) is 2.97. The zero-order valence-electron chi connectivity index (χ0n) is 12.0. The van der Waals surface area contributed by atoms with Crippen LogP contribution in [0.3, 0.4) is 0 Å². The molecule has 0 radical (unpaired) electrons. The van der Waals surface area contributed by atoms with E-state index < -0.39 is 0 Å². The molecule has 3 aromatic carbocycles. The van der Waals surface area contributed by atoms with Crippen molar-refractivity contribution in [1.82, 2.24) is 0 Å². The Labute approximate surface area is 124 Å². The quantitative estimate of drug-likeness (QED) is 0.740. The lowest BCUT2D eigenvalue weighted by Crippen LogP contribution is -2.05. The predicted octanol–water partition coefficient (Wildman–Crippen LogP) is 4.56. The van der Waals surface area contributed by atoms with Gasteiger partial charge in [-0.3, -0.25) is 0 Å². The summed E-state index contributed by atoms with van der Waals surface area (Å²) in [7, 11) is 1.71. The van der Waals surface area contributed by atoms with Gasteiger partial charge in [-0.05, 0) is 40.5 Å². The monoisotopic (exact) mass is 275 g/mol. The lowest BCUT2D eigenvalue weighted by Gasteiger charge is -2.12. The van der Waals surface area contributed by atoms with E-state index in [1.54, 1.807) is 7.11 Å². The lowest BCUT2D eigenvalue weighted by molar-refractivity contribution is 0.415. The number of anilines is 1. The highest BCUT2D eigenvalue weighted by atomic mass is 16.5. The van der Waals surface area contributed by atoms with Gasteiger partial charge in [-0.1, -0.05) is 42.5 Å². The molecule has 0 saturated heterocycles. The molecule has 0 aromatic heterocycles. The summed E-state index contributed by atoms with van der Waals surface area (Å²) in [6.07, 6.45) is 1.03. The van der Waals surface area contributed by atoms with Crippen LogP contribution in [-0.2, 0) is 6.42 Å². The zero-order valence-corrected chi connectivity index (χ0v) is 12.0. The maximum Gasteiger partial charge on any atom is 0.120 e. The Hall–Kier alpha value is -2.48. The van der Waals surface area contributed by atoms with Gasteiger partial charge in [-0.25, -0.2) is 0 Å². The molecule has 0 aliphatic carbocycles. The zero-order chi connectivity index (χ0) is 14.2. The van der Waals surface area contributed by atoms with Crippen LogP contribution in [0.5, 0.6) is 5.75 Å². The molecule has 21 heavy (non-hydrogen) atoms. The van der Waals surface area contributed by atoms with Gasteiger partial charge in [0.1, 0.15) is 5.75 Å². The number of methoxy groups -OCH3 is 1. The summed E-state index contributed by atoms with van der Waals surface area (Å²) in [5, 5.41) is 6.20. The molecule has 0 fully saturated rings. The molecule has 0 spiro atoms. The van der Waals surface area contributed by atoms with E-state index in [1.807, 2.05) is 6.07 Å². The molecule has 1 atom stereocenters. The third-order valence-electron chi connectivity index (χ3n) is 4.25. The second-order valence-electron chi connectivity index (χ2n) is 5.53. The number of nitrogens with one attached hydrogen (secondary N) is 1. The molecule has 0 saturated carbocycles. The second kappa shape index (κ2) is 4.81. The smallest absolute Gasteiger partial charge is 0.120 e. The predicted molar refractivity (Wildman–Crippen MR) is 87.0 cm³/mol. The van der Waals surface area contributed by atoms with Crippen molar-refractivity contribution in [3.8, 4) is 5.75 Å². The van der Waals surface area contributed by atoms with Crippen molar-refractivity contribution >= 4 is 16.5 Å². The van der Waals surface area contributed by atoms with E-state index >= 15 is 0 Å². The molecule has 1 aliphatic rings. The van der Waals surface area contributed by atoms with Gasteiger partial charge in [0.25, 0.3) is 0 Å². The van der Waals surface area contributed by atoms with E-state index in [0.717, 1.165) is 12.2 Å². The first-order chi connectivity index (χ1) is 10.3. The summed E-state index contributed by atoms with van der Waals surface area (Å²) < 4.78 is 5.30. The number of hydrogen-bond donors (Lipinski definition) is 1. The van der Waals surface area contributed by atoms with Crippen molar-refractivity contribution in [3.63, 3.8) is 0 Å². The number of hydrogen-bond acceptors (Lipinski definition) is 2. The van der Waals surface area contributed by atoms with Crippen LogP contribution in [-0.4, -0.2) is 7.11 Å². The Morgan fingerprint density at radius 3 is 2.67 bits per heavy atom. The van der Waals surface area contributed by atoms with Crippen LogP contribution in [0.2, 0.25) is 0 Å². The Bertz CT molecular complexity index is 810. The van der Waals surface area contributed by atoms with Gasteiger partial charge in [-0.15, -0.1) is 0 Å². The molecule has 0 amide bonds. The van der Waals surface area contributed by atoms with Crippen molar-refractivity contribution in [3.05, 3.63) is 71.8 Å². The molecule has 1 N–H and O–H groups in total. The van der Waals surface area contributed by atoms with E-state index in [9.17, 15) is 0 Å². The van der Waals surface area contributed by atoms with Gasteiger partial charge < -0.3 is 10.1 Å². The van der Waals surface area contributed by atoms with Crippen LogP contribution in [0.4, 0.5) is 5.69 Å². The summed E-state index contributed by atoms with van der Waals surface area (Å²) in [6.45, 7) is 0. The second-order valence-corrected chi connectivity index (χ2v) is 5.53. The van der Waals surface area contributed by atoms with Gasteiger partial charge in [0.05, 0.1) is 13.2 Å². The van der Waals surface area contributed by atoms with Crippen LogP contribution >= 0.6 is 0 Å².